The van der Waals surface area contributed by atoms with E-state index in [1.807, 2.05) is 63.8 Å². The predicted molar refractivity (Wildman–Crippen MR) is 136 cm³/mol. The minimum Gasteiger partial charge on any atom is -0.497 e. The minimum atomic E-state index is -0.379. The van der Waals surface area contributed by atoms with Crippen molar-refractivity contribution < 1.29 is 19.1 Å². The Kier molecular flexibility index (Phi) is 8.47. The fourth-order valence-corrected chi connectivity index (χ4v) is 4.95. The van der Waals surface area contributed by atoms with Crippen molar-refractivity contribution in [1.29, 1.82) is 0 Å². The molecule has 2 aromatic rings. The first-order valence-corrected chi connectivity index (χ1v) is 12.7. The number of benzene rings is 1. The van der Waals surface area contributed by atoms with Crippen molar-refractivity contribution in [2.24, 2.45) is 0 Å². The summed E-state index contributed by atoms with van der Waals surface area (Å²) in [4.78, 5) is 31.4. The molecular formula is C26H37N3O4S. The van der Waals surface area contributed by atoms with Crippen molar-refractivity contribution in [3.05, 3.63) is 46.2 Å². The molecule has 1 aromatic heterocycles. The number of nitrogens with zero attached hydrogens (tertiary/aromatic N) is 2. The van der Waals surface area contributed by atoms with Gasteiger partial charge in [-0.3, -0.25) is 4.79 Å². The Bertz CT molecular complexity index is 984. The molecule has 0 aliphatic carbocycles. The van der Waals surface area contributed by atoms with Gasteiger partial charge < -0.3 is 24.6 Å². The molecule has 1 aliphatic heterocycles. The van der Waals surface area contributed by atoms with Gasteiger partial charge >= 0.3 is 6.03 Å². The number of ether oxygens (including phenoxy) is 2. The summed E-state index contributed by atoms with van der Waals surface area (Å²) in [5, 5.41) is 5.07. The number of urea groups is 1. The summed E-state index contributed by atoms with van der Waals surface area (Å²) < 4.78 is 11.4. The monoisotopic (exact) mass is 487 g/mol. The van der Waals surface area contributed by atoms with Gasteiger partial charge in [0.1, 0.15) is 24.7 Å². The van der Waals surface area contributed by atoms with Gasteiger partial charge in [0.15, 0.2) is 0 Å². The molecule has 1 aliphatic rings. The zero-order chi connectivity index (χ0) is 24.9. The molecule has 0 radical (unpaired) electrons. The molecule has 0 bridgehead atoms. The Morgan fingerprint density at radius 1 is 1.26 bits per heavy atom. The lowest BCUT2D eigenvalue weighted by atomic mass is 10.00. The van der Waals surface area contributed by atoms with Gasteiger partial charge in [0.25, 0.3) is 0 Å². The average molecular weight is 488 g/mol. The normalized spacial score (nSPS) is 16.4. The van der Waals surface area contributed by atoms with E-state index in [1.165, 1.54) is 4.88 Å². The highest BCUT2D eigenvalue weighted by atomic mass is 32.1. The van der Waals surface area contributed by atoms with Crippen molar-refractivity contribution in [2.45, 2.75) is 65.1 Å². The molecule has 1 aromatic carbocycles. The molecule has 3 rings (SSSR count). The molecular weight excluding hydrogens is 450 g/mol. The van der Waals surface area contributed by atoms with Crippen LogP contribution in [0.3, 0.4) is 0 Å². The first-order chi connectivity index (χ1) is 16.1. The lowest BCUT2D eigenvalue weighted by molar-refractivity contribution is -0.136. The Morgan fingerprint density at radius 3 is 2.68 bits per heavy atom. The molecule has 34 heavy (non-hydrogen) atoms. The number of hydrogen-bond acceptors (Lipinski definition) is 5. The van der Waals surface area contributed by atoms with E-state index in [2.05, 4.69) is 16.8 Å². The summed E-state index contributed by atoms with van der Waals surface area (Å²) in [6.45, 7) is 10.8. The van der Waals surface area contributed by atoms with Gasteiger partial charge in [0.2, 0.25) is 5.91 Å². The Labute approximate surface area is 207 Å². The smallest absolute Gasteiger partial charge is 0.318 e. The number of fused-ring (bicyclic) bond motifs is 1. The zero-order valence-corrected chi connectivity index (χ0v) is 21.9. The van der Waals surface area contributed by atoms with E-state index in [0.29, 0.717) is 18.9 Å². The van der Waals surface area contributed by atoms with Crippen molar-refractivity contribution in [2.75, 3.05) is 26.8 Å². The molecule has 2 heterocycles. The van der Waals surface area contributed by atoms with Gasteiger partial charge in [0.05, 0.1) is 13.2 Å². The number of hydrogen-bond donors (Lipinski definition) is 1. The van der Waals surface area contributed by atoms with Crippen LogP contribution in [0.2, 0.25) is 0 Å². The molecule has 0 saturated carbocycles. The maximum absolute atomic E-state index is 13.6. The maximum Gasteiger partial charge on any atom is 0.318 e. The van der Waals surface area contributed by atoms with Gasteiger partial charge in [-0.2, -0.15) is 0 Å². The lowest BCUT2D eigenvalue weighted by Crippen LogP contribution is -2.55. The summed E-state index contributed by atoms with van der Waals surface area (Å²) >= 11 is 1.72. The number of methoxy groups -OCH3 is 1. The highest BCUT2D eigenvalue weighted by Gasteiger charge is 2.34. The van der Waals surface area contributed by atoms with Crippen LogP contribution in [-0.4, -0.2) is 60.1 Å². The Hall–Kier alpha value is -2.74. The van der Waals surface area contributed by atoms with Crippen LogP contribution < -0.4 is 14.8 Å². The van der Waals surface area contributed by atoms with Gasteiger partial charge in [-0.1, -0.05) is 13.0 Å². The topological polar surface area (TPSA) is 71.1 Å². The molecule has 7 nitrogen and oxygen atoms in total. The van der Waals surface area contributed by atoms with E-state index >= 15 is 0 Å². The first-order valence-electron chi connectivity index (χ1n) is 11.8. The van der Waals surface area contributed by atoms with E-state index < -0.39 is 0 Å². The number of amides is 3. The van der Waals surface area contributed by atoms with Gasteiger partial charge in [-0.15, -0.1) is 11.3 Å². The number of nitrogens with one attached hydrogen (secondary N) is 1. The van der Waals surface area contributed by atoms with Gasteiger partial charge in [0, 0.05) is 29.1 Å². The fraction of sp³-hybridized carbons (Fsp3) is 0.538. The lowest BCUT2D eigenvalue weighted by Gasteiger charge is -2.38. The van der Waals surface area contributed by atoms with E-state index in [4.69, 9.17) is 9.47 Å². The van der Waals surface area contributed by atoms with Crippen molar-refractivity contribution >= 4 is 23.3 Å². The van der Waals surface area contributed by atoms with Crippen LogP contribution in [0.4, 0.5) is 4.79 Å². The summed E-state index contributed by atoms with van der Waals surface area (Å²) in [6, 6.07) is 9.07. The van der Waals surface area contributed by atoms with E-state index in [-0.39, 0.29) is 36.1 Å². The molecule has 0 spiro atoms. The van der Waals surface area contributed by atoms with Crippen LogP contribution in [0.1, 0.15) is 57.5 Å². The minimum absolute atomic E-state index is 0.0338. The molecule has 0 saturated heterocycles. The van der Waals surface area contributed by atoms with Crippen molar-refractivity contribution in [3.8, 4) is 11.5 Å². The summed E-state index contributed by atoms with van der Waals surface area (Å²) in [5.74, 6) is 1.35. The van der Waals surface area contributed by atoms with Crippen molar-refractivity contribution in [3.63, 3.8) is 0 Å². The molecule has 1 N–H and O–H groups in total. The maximum atomic E-state index is 13.6. The second kappa shape index (κ2) is 11.1. The molecule has 8 heteroatoms. The van der Waals surface area contributed by atoms with E-state index in [1.54, 1.807) is 23.3 Å². The quantitative estimate of drug-likeness (QED) is 0.577. The summed E-state index contributed by atoms with van der Waals surface area (Å²) in [7, 11) is 1.62. The molecule has 3 amide bonds. The third kappa shape index (κ3) is 6.44. The SMILES string of the molecule is CCC(C)N(CC(=O)N1CCc2sccc2C1COc1cccc(OC)c1)C(=O)NC(C)(C)C. The van der Waals surface area contributed by atoms with Crippen LogP contribution in [0.5, 0.6) is 11.5 Å². The molecule has 0 fully saturated rings. The molecule has 2 unspecified atom stereocenters. The number of thiophene rings is 1. The van der Waals surface area contributed by atoms with Crippen LogP contribution >= 0.6 is 11.3 Å². The van der Waals surface area contributed by atoms with Crippen molar-refractivity contribution in [1.82, 2.24) is 15.1 Å². The predicted octanol–water partition coefficient (Wildman–Crippen LogP) is 4.87. The van der Waals surface area contributed by atoms with Crippen LogP contribution in [0.15, 0.2) is 35.7 Å². The third-order valence-electron chi connectivity index (χ3n) is 6.04. The number of rotatable bonds is 8. The van der Waals surface area contributed by atoms with Gasteiger partial charge in [-0.25, -0.2) is 4.79 Å². The Balaban J connectivity index is 1.79. The summed E-state index contributed by atoms with van der Waals surface area (Å²) in [6.07, 6.45) is 1.58. The highest BCUT2D eigenvalue weighted by molar-refractivity contribution is 7.10. The van der Waals surface area contributed by atoms with Crippen LogP contribution in [-0.2, 0) is 11.2 Å². The first kappa shape index (κ1) is 25.9. The Morgan fingerprint density at radius 2 is 2.00 bits per heavy atom. The largest absolute Gasteiger partial charge is 0.497 e. The van der Waals surface area contributed by atoms with Crippen LogP contribution in [0, 0.1) is 0 Å². The zero-order valence-electron chi connectivity index (χ0n) is 21.1. The number of carbonyl (C=O) groups excluding carboxylic acids is 2. The highest BCUT2D eigenvalue weighted by Crippen LogP contribution is 2.34. The summed E-state index contributed by atoms with van der Waals surface area (Å²) in [5.41, 5.74) is 0.747. The second-order valence-corrected chi connectivity index (χ2v) is 10.7. The molecule has 186 valence electrons. The molecule has 2 atom stereocenters. The number of carbonyl (C=O) groups is 2. The van der Waals surface area contributed by atoms with E-state index in [0.717, 1.165) is 24.2 Å². The van der Waals surface area contributed by atoms with Gasteiger partial charge in [-0.05, 0) is 69.7 Å². The van der Waals surface area contributed by atoms with Crippen LogP contribution in [0.25, 0.3) is 0 Å². The average Bonchev–Trinajstić information content (AvgIpc) is 3.28. The van der Waals surface area contributed by atoms with E-state index in [9.17, 15) is 9.59 Å². The standard InChI is InChI=1S/C26H37N3O4S/c1-7-18(2)29(25(31)27-26(3,4)5)16-24(30)28-13-11-23-21(12-14-34-23)22(28)17-33-20-10-8-9-19(15-20)32-6/h8-10,12,14-15,18,22H,7,11,13,16-17H2,1-6H3,(H,27,31). The second-order valence-electron chi connectivity index (χ2n) is 9.71. The third-order valence-corrected chi connectivity index (χ3v) is 7.03. The fourth-order valence-electron chi connectivity index (χ4n) is 4.02.